The van der Waals surface area contributed by atoms with Gasteiger partial charge in [-0.2, -0.15) is 0 Å². The number of rotatable bonds is 14. The van der Waals surface area contributed by atoms with Gasteiger partial charge in [0.1, 0.15) is 17.2 Å². The lowest BCUT2D eigenvalue weighted by atomic mass is 9.72. The van der Waals surface area contributed by atoms with E-state index in [-0.39, 0.29) is 21.6 Å². The minimum atomic E-state index is -4.22. The zero-order chi connectivity index (χ0) is 41.0. The van der Waals surface area contributed by atoms with Crippen LogP contribution in [-0.2, 0) is 10.0 Å². The quantitative estimate of drug-likeness (QED) is 0.107. The number of sulfonamides is 1. The summed E-state index contributed by atoms with van der Waals surface area (Å²) in [4.78, 5) is 23.9. The molecule has 1 amide bonds. The summed E-state index contributed by atoms with van der Waals surface area (Å²) < 4.78 is 41.8. The van der Waals surface area contributed by atoms with Crippen LogP contribution in [-0.4, -0.2) is 89.1 Å². The molecular formula is C46H54ClN5O5S. The molecule has 0 atom stereocenters. The van der Waals surface area contributed by atoms with Crippen LogP contribution in [0.5, 0.6) is 17.2 Å². The average molecular weight is 824 g/mol. The van der Waals surface area contributed by atoms with Gasteiger partial charge >= 0.3 is 0 Å². The Kier molecular flexibility index (Phi) is 12.5. The van der Waals surface area contributed by atoms with Crippen LogP contribution in [0.25, 0.3) is 16.5 Å². The SMILES string of the molecule is Cc1cc(S(=O)(=O)NC(=O)c2ccc(N3CCN(CC4=C(c5ccc(Cl)cc5)CC(C)(C)CC4)CC3)cc2Oc2ccc3[nH]ccc3c2)ccc1OCCCN(C)C. The Morgan fingerprint density at radius 1 is 0.931 bits per heavy atom. The molecule has 2 N–H and O–H groups in total. The molecule has 12 heteroatoms. The monoisotopic (exact) mass is 823 g/mol. The zero-order valence-electron chi connectivity index (χ0n) is 34.1. The number of allylic oxidation sites excluding steroid dienone is 1. The van der Waals surface area contributed by atoms with Crippen molar-refractivity contribution in [1.29, 1.82) is 0 Å². The predicted molar refractivity (Wildman–Crippen MR) is 234 cm³/mol. The summed E-state index contributed by atoms with van der Waals surface area (Å²) in [6, 6.07) is 25.8. The first kappa shape index (κ1) is 41.4. The van der Waals surface area contributed by atoms with Crippen LogP contribution in [0.3, 0.4) is 0 Å². The Balaban J connectivity index is 1.08. The highest BCUT2D eigenvalue weighted by Gasteiger charge is 2.30. The molecule has 1 aliphatic heterocycles. The van der Waals surface area contributed by atoms with E-state index in [0.29, 0.717) is 23.7 Å². The van der Waals surface area contributed by atoms with Gasteiger partial charge in [0.25, 0.3) is 15.9 Å². The number of amides is 1. The van der Waals surface area contributed by atoms with E-state index in [1.807, 2.05) is 68.8 Å². The fourth-order valence-corrected chi connectivity index (χ4v) is 9.03. The van der Waals surface area contributed by atoms with Crippen LogP contribution >= 0.6 is 11.6 Å². The highest BCUT2D eigenvalue weighted by Crippen LogP contribution is 2.43. The van der Waals surface area contributed by atoms with E-state index >= 15 is 0 Å². The second-order valence-corrected chi connectivity index (χ2v) is 18.7. The van der Waals surface area contributed by atoms with Crippen molar-refractivity contribution < 1.29 is 22.7 Å². The number of halogens is 1. The van der Waals surface area contributed by atoms with Gasteiger partial charge in [0.15, 0.2) is 0 Å². The van der Waals surface area contributed by atoms with E-state index in [4.69, 9.17) is 21.1 Å². The number of ether oxygens (including phenoxy) is 2. The van der Waals surface area contributed by atoms with E-state index < -0.39 is 15.9 Å². The number of carbonyl (C=O) groups excluding carboxylic acids is 1. The van der Waals surface area contributed by atoms with Gasteiger partial charge in [-0.25, -0.2) is 13.1 Å². The van der Waals surface area contributed by atoms with E-state index in [0.717, 1.165) is 80.1 Å². The molecule has 0 unspecified atom stereocenters. The molecule has 1 aliphatic carbocycles. The number of nitrogens with zero attached hydrogens (tertiary/aromatic N) is 3. The third-order valence-corrected chi connectivity index (χ3v) is 12.8. The highest BCUT2D eigenvalue weighted by atomic mass is 35.5. The van der Waals surface area contributed by atoms with Crippen molar-refractivity contribution in [2.45, 2.75) is 51.3 Å². The number of aryl methyl sites for hydroxylation is 1. The van der Waals surface area contributed by atoms with Crippen molar-refractivity contribution >= 4 is 49.7 Å². The summed E-state index contributed by atoms with van der Waals surface area (Å²) in [5, 5.41) is 1.70. The Morgan fingerprint density at radius 3 is 2.45 bits per heavy atom. The van der Waals surface area contributed by atoms with E-state index in [1.54, 1.807) is 19.1 Å². The maximum atomic E-state index is 13.9. The maximum Gasteiger partial charge on any atom is 0.268 e. The minimum absolute atomic E-state index is 0.0261. The number of aromatic amines is 1. The van der Waals surface area contributed by atoms with Crippen LogP contribution in [0.1, 0.15) is 61.0 Å². The molecule has 7 rings (SSSR count). The summed E-state index contributed by atoms with van der Waals surface area (Å²) in [6.45, 7) is 12.2. The lowest BCUT2D eigenvalue weighted by molar-refractivity contribution is 0.0979. The topological polar surface area (TPSA) is 107 Å². The van der Waals surface area contributed by atoms with Gasteiger partial charge in [-0.15, -0.1) is 0 Å². The van der Waals surface area contributed by atoms with Crippen LogP contribution < -0.4 is 19.1 Å². The molecule has 1 fully saturated rings. The third-order valence-electron chi connectivity index (χ3n) is 11.2. The number of piperazine rings is 1. The Hall–Kier alpha value is -4.81. The largest absolute Gasteiger partial charge is 0.493 e. The summed E-state index contributed by atoms with van der Waals surface area (Å²) >= 11 is 6.25. The van der Waals surface area contributed by atoms with Crippen molar-refractivity contribution in [2.24, 2.45) is 5.41 Å². The Morgan fingerprint density at radius 2 is 1.71 bits per heavy atom. The molecule has 306 valence electrons. The smallest absolute Gasteiger partial charge is 0.268 e. The van der Waals surface area contributed by atoms with E-state index in [2.05, 4.69) is 50.4 Å². The second kappa shape index (κ2) is 17.6. The standard InChI is InChI=1S/C46H54ClN5O5S/c1-32-27-39(13-16-43(32)56-26-6-21-50(4)5)58(54,55)49-45(53)40-14-11-37(29-44(40)57-38-12-15-42-34(28-38)18-20-48-42)52-24-22-51(23-25-52)31-35-17-19-46(2,3)30-41(35)33-7-9-36(47)10-8-33/h7-16,18,20,27-29,48H,6,17,19,21-26,30-31H2,1-5H3,(H,49,53). The van der Waals surface area contributed by atoms with Crippen molar-refractivity contribution in [2.75, 3.05) is 64.9 Å². The van der Waals surface area contributed by atoms with Crippen LogP contribution in [0.2, 0.25) is 5.02 Å². The van der Waals surface area contributed by atoms with Gasteiger partial charge in [0, 0.05) is 73.1 Å². The molecular weight excluding hydrogens is 770 g/mol. The fourth-order valence-electron chi connectivity index (χ4n) is 7.85. The molecule has 1 saturated heterocycles. The van der Waals surface area contributed by atoms with E-state index in [1.165, 1.54) is 35.3 Å². The van der Waals surface area contributed by atoms with Crippen LogP contribution in [0.15, 0.2) is 102 Å². The van der Waals surface area contributed by atoms with Gasteiger partial charge in [0.05, 0.1) is 17.1 Å². The first-order valence-electron chi connectivity index (χ1n) is 20.0. The fraction of sp³-hybridized carbons (Fsp3) is 0.370. The highest BCUT2D eigenvalue weighted by molar-refractivity contribution is 7.90. The van der Waals surface area contributed by atoms with Gasteiger partial charge in [-0.3, -0.25) is 9.69 Å². The molecule has 5 aromatic rings. The van der Waals surface area contributed by atoms with Crippen molar-refractivity contribution in [3.63, 3.8) is 0 Å². The molecule has 0 bridgehead atoms. The number of hydrogen-bond acceptors (Lipinski definition) is 8. The van der Waals surface area contributed by atoms with Crippen molar-refractivity contribution in [1.82, 2.24) is 19.5 Å². The lowest BCUT2D eigenvalue weighted by Gasteiger charge is -2.39. The number of hydrogen-bond donors (Lipinski definition) is 2. The lowest BCUT2D eigenvalue weighted by Crippen LogP contribution is -2.47. The summed E-state index contributed by atoms with van der Waals surface area (Å²) in [6.07, 6.45) is 5.98. The molecule has 1 aromatic heterocycles. The van der Waals surface area contributed by atoms with Crippen LogP contribution in [0.4, 0.5) is 5.69 Å². The zero-order valence-corrected chi connectivity index (χ0v) is 35.7. The first-order chi connectivity index (χ1) is 27.7. The number of fused-ring (bicyclic) bond motifs is 1. The van der Waals surface area contributed by atoms with Crippen molar-refractivity contribution in [3.05, 3.63) is 118 Å². The molecule has 0 radical (unpaired) electrons. The molecule has 2 aliphatic rings. The molecule has 10 nitrogen and oxygen atoms in total. The number of H-pyrrole nitrogens is 1. The molecule has 58 heavy (non-hydrogen) atoms. The number of aromatic nitrogens is 1. The van der Waals surface area contributed by atoms with E-state index in [9.17, 15) is 13.2 Å². The third kappa shape index (κ3) is 10.1. The van der Waals surface area contributed by atoms with Crippen LogP contribution in [0, 0.1) is 12.3 Å². The average Bonchev–Trinajstić information content (AvgIpc) is 3.66. The van der Waals surface area contributed by atoms with Gasteiger partial charge in [-0.05, 0) is 136 Å². The minimum Gasteiger partial charge on any atom is -0.493 e. The van der Waals surface area contributed by atoms with Gasteiger partial charge in [0.2, 0.25) is 0 Å². The first-order valence-corrected chi connectivity index (χ1v) is 21.9. The summed E-state index contributed by atoms with van der Waals surface area (Å²) in [5.74, 6) is 0.621. The molecule has 0 saturated carbocycles. The number of nitrogens with one attached hydrogen (secondary N) is 2. The Bertz CT molecular complexity index is 2400. The second-order valence-electron chi connectivity index (χ2n) is 16.6. The number of benzene rings is 4. The predicted octanol–water partition coefficient (Wildman–Crippen LogP) is 9.16. The Labute approximate surface area is 347 Å². The van der Waals surface area contributed by atoms with Gasteiger partial charge < -0.3 is 24.3 Å². The summed E-state index contributed by atoms with van der Waals surface area (Å²) in [5.41, 5.74) is 7.09. The molecule has 0 spiro atoms. The maximum absolute atomic E-state index is 13.9. The number of anilines is 1. The van der Waals surface area contributed by atoms with Crippen molar-refractivity contribution in [3.8, 4) is 17.2 Å². The number of carbonyl (C=O) groups is 1. The summed E-state index contributed by atoms with van der Waals surface area (Å²) in [7, 11) is -0.215. The molecule has 2 heterocycles. The molecule has 4 aromatic carbocycles. The normalized spacial score (nSPS) is 16.2. The van der Waals surface area contributed by atoms with Gasteiger partial charge in [-0.1, -0.05) is 43.2 Å².